The van der Waals surface area contributed by atoms with Gasteiger partial charge in [0.25, 0.3) is 5.91 Å². The molecule has 0 bridgehead atoms. The number of rotatable bonds is 6. The van der Waals surface area contributed by atoms with Gasteiger partial charge in [0.2, 0.25) is 0 Å². The minimum Gasteiger partial charge on any atom is -0.494 e. The predicted octanol–water partition coefficient (Wildman–Crippen LogP) is 4.17. The molecule has 150 valence electrons. The van der Waals surface area contributed by atoms with E-state index < -0.39 is 0 Å². The van der Waals surface area contributed by atoms with Crippen LogP contribution < -0.4 is 4.74 Å². The molecule has 0 saturated carbocycles. The maximum absolute atomic E-state index is 12.6. The first-order chi connectivity index (χ1) is 14.2. The molecule has 0 N–H and O–H groups in total. The molecule has 4 rings (SSSR count). The van der Waals surface area contributed by atoms with E-state index in [4.69, 9.17) is 9.72 Å². The molecule has 0 spiro atoms. The first kappa shape index (κ1) is 19.6. The summed E-state index contributed by atoms with van der Waals surface area (Å²) in [6, 6.07) is 17.6. The average molecular weight is 408 g/mol. The summed E-state index contributed by atoms with van der Waals surface area (Å²) in [4.78, 5) is 21.7. The van der Waals surface area contributed by atoms with Crippen molar-refractivity contribution in [3.8, 4) is 16.3 Å². The third-order valence-electron chi connectivity index (χ3n) is 5.03. The van der Waals surface area contributed by atoms with Gasteiger partial charge in [-0.15, -0.1) is 11.3 Å². The molecule has 0 radical (unpaired) electrons. The zero-order chi connectivity index (χ0) is 20.1. The van der Waals surface area contributed by atoms with Gasteiger partial charge in [0.05, 0.1) is 12.3 Å². The summed E-state index contributed by atoms with van der Waals surface area (Å²) in [5.74, 6) is 1.01. The molecule has 29 heavy (non-hydrogen) atoms. The summed E-state index contributed by atoms with van der Waals surface area (Å²) in [7, 11) is 0. The molecular weight excluding hydrogens is 382 g/mol. The highest BCUT2D eigenvalue weighted by Gasteiger charge is 2.22. The van der Waals surface area contributed by atoms with E-state index in [9.17, 15) is 4.79 Å². The lowest BCUT2D eigenvalue weighted by Crippen LogP contribution is -2.48. The largest absolute Gasteiger partial charge is 0.494 e. The van der Waals surface area contributed by atoms with Crippen LogP contribution in [0.2, 0.25) is 0 Å². The highest BCUT2D eigenvalue weighted by atomic mass is 32.1. The summed E-state index contributed by atoms with van der Waals surface area (Å²) in [6.45, 7) is 6.72. The lowest BCUT2D eigenvalue weighted by Gasteiger charge is -2.34. The van der Waals surface area contributed by atoms with Crippen LogP contribution in [0.15, 0.2) is 60.0 Å². The molecule has 1 fully saturated rings. The molecule has 0 atom stereocenters. The Kier molecular flexibility index (Phi) is 6.22. The van der Waals surface area contributed by atoms with Crippen molar-refractivity contribution >= 4 is 17.2 Å². The third kappa shape index (κ3) is 4.83. The maximum atomic E-state index is 12.6. The van der Waals surface area contributed by atoms with Crippen LogP contribution in [0.1, 0.15) is 23.0 Å². The minimum absolute atomic E-state index is 0.122. The smallest absolute Gasteiger partial charge is 0.253 e. The van der Waals surface area contributed by atoms with Crippen molar-refractivity contribution in [1.82, 2.24) is 14.8 Å². The van der Waals surface area contributed by atoms with Crippen LogP contribution in [0.4, 0.5) is 0 Å². The number of ether oxygens (including phenoxy) is 1. The Bertz CT molecular complexity index is 932. The molecule has 1 saturated heterocycles. The molecular formula is C23H25N3O2S. The van der Waals surface area contributed by atoms with E-state index in [0.717, 1.165) is 60.3 Å². The SMILES string of the molecule is CCOc1ccc(-c2nc(CN3CCN(C(=O)c4ccccc4)CC3)cs2)cc1. The molecule has 3 aromatic rings. The van der Waals surface area contributed by atoms with Gasteiger partial charge in [0.1, 0.15) is 10.8 Å². The number of hydrogen-bond acceptors (Lipinski definition) is 5. The molecule has 2 aromatic carbocycles. The van der Waals surface area contributed by atoms with Gasteiger partial charge < -0.3 is 9.64 Å². The van der Waals surface area contributed by atoms with Crippen molar-refractivity contribution in [1.29, 1.82) is 0 Å². The number of amides is 1. The summed E-state index contributed by atoms with van der Waals surface area (Å²) >= 11 is 1.67. The van der Waals surface area contributed by atoms with Crippen LogP contribution in [0.5, 0.6) is 5.75 Å². The summed E-state index contributed by atoms with van der Waals surface area (Å²) in [5.41, 5.74) is 2.96. The number of carbonyl (C=O) groups is 1. The second-order valence-corrected chi connectivity index (χ2v) is 7.89. The molecule has 5 nitrogen and oxygen atoms in total. The van der Waals surface area contributed by atoms with Crippen LogP contribution in [0.25, 0.3) is 10.6 Å². The number of benzene rings is 2. The van der Waals surface area contributed by atoms with Gasteiger partial charge in [-0.1, -0.05) is 18.2 Å². The quantitative estimate of drug-likeness (QED) is 0.615. The topological polar surface area (TPSA) is 45.7 Å². The minimum atomic E-state index is 0.122. The number of hydrogen-bond donors (Lipinski definition) is 0. The lowest BCUT2D eigenvalue weighted by atomic mass is 10.2. The van der Waals surface area contributed by atoms with Crippen LogP contribution in [0, 0.1) is 0 Å². The number of nitrogens with zero attached hydrogens (tertiary/aromatic N) is 3. The van der Waals surface area contributed by atoms with E-state index in [1.807, 2.05) is 54.3 Å². The van der Waals surface area contributed by atoms with E-state index in [2.05, 4.69) is 22.4 Å². The molecule has 1 aliphatic heterocycles. The summed E-state index contributed by atoms with van der Waals surface area (Å²) < 4.78 is 5.50. The molecule has 1 amide bonds. The van der Waals surface area contributed by atoms with Gasteiger partial charge in [-0.25, -0.2) is 4.98 Å². The molecule has 0 unspecified atom stereocenters. The van der Waals surface area contributed by atoms with E-state index in [0.29, 0.717) is 6.61 Å². The number of thiazole rings is 1. The zero-order valence-electron chi connectivity index (χ0n) is 16.6. The fraction of sp³-hybridized carbons (Fsp3) is 0.304. The summed E-state index contributed by atoms with van der Waals surface area (Å²) in [5, 5.41) is 3.16. The Balaban J connectivity index is 1.31. The van der Waals surface area contributed by atoms with E-state index in [1.54, 1.807) is 11.3 Å². The van der Waals surface area contributed by atoms with Gasteiger partial charge in [-0.05, 0) is 43.3 Å². The fourth-order valence-electron chi connectivity index (χ4n) is 3.47. The van der Waals surface area contributed by atoms with Crippen molar-refractivity contribution in [2.45, 2.75) is 13.5 Å². The standard InChI is InChI=1S/C23H25N3O2S/c1-2-28-21-10-8-18(9-11-21)22-24-20(17-29-22)16-25-12-14-26(15-13-25)23(27)19-6-4-3-5-7-19/h3-11,17H,2,12-16H2,1H3. The third-order valence-corrected chi connectivity index (χ3v) is 5.97. The second kappa shape index (κ2) is 9.20. The highest BCUT2D eigenvalue weighted by Crippen LogP contribution is 2.26. The van der Waals surface area contributed by atoms with Crippen LogP contribution >= 0.6 is 11.3 Å². The average Bonchev–Trinajstić information content (AvgIpc) is 3.24. The van der Waals surface area contributed by atoms with Crippen LogP contribution in [-0.2, 0) is 6.54 Å². The highest BCUT2D eigenvalue weighted by molar-refractivity contribution is 7.13. The van der Waals surface area contributed by atoms with E-state index in [-0.39, 0.29) is 5.91 Å². The first-order valence-corrected chi connectivity index (χ1v) is 10.8. The van der Waals surface area contributed by atoms with Crippen LogP contribution in [-0.4, -0.2) is 53.5 Å². The number of aromatic nitrogens is 1. The normalized spacial score (nSPS) is 14.7. The van der Waals surface area contributed by atoms with Gasteiger partial charge in [0.15, 0.2) is 0 Å². The second-order valence-electron chi connectivity index (χ2n) is 7.04. The fourth-order valence-corrected chi connectivity index (χ4v) is 4.29. The van der Waals surface area contributed by atoms with Gasteiger partial charge in [-0.3, -0.25) is 9.69 Å². The Morgan fingerprint density at radius 2 is 1.76 bits per heavy atom. The molecule has 1 aliphatic rings. The van der Waals surface area contributed by atoms with Crippen LogP contribution in [0.3, 0.4) is 0 Å². The first-order valence-electron chi connectivity index (χ1n) is 9.97. The van der Waals surface area contributed by atoms with Gasteiger partial charge in [-0.2, -0.15) is 0 Å². The van der Waals surface area contributed by atoms with Crippen molar-refractivity contribution in [2.75, 3.05) is 32.8 Å². The maximum Gasteiger partial charge on any atom is 0.253 e. The van der Waals surface area contributed by atoms with Crippen molar-refractivity contribution in [3.63, 3.8) is 0 Å². The number of piperazine rings is 1. The molecule has 2 heterocycles. The summed E-state index contributed by atoms with van der Waals surface area (Å²) in [6.07, 6.45) is 0. The van der Waals surface area contributed by atoms with E-state index in [1.165, 1.54) is 0 Å². The number of carbonyl (C=O) groups excluding carboxylic acids is 1. The van der Waals surface area contributed by atoms with Gasteiger partial charge in [0, 0.05) is 49.2 Å². The van der Waals surface area contributed by atoms with Crippen molar-refractivity contribution < 1.29 is 9.53 Å². The Hall–Kier alpha value is -2.70. The Morgan fingerprint density at radius 1 is 1.03 bits per heavy atom. The monoisotopic (exact) mass is 407 g/mol. The molecule has 6 heteroatoms. The lowest BCUT2D eigenvalue weighted by molar-refractivity contribution is 0.0627. The zero-order valence-corrected chi connectivity index (χ0v) is 17.4. The van der Waals surface area contributed by atoms with Crippen molar-refractivity contribution in [3.05, 3.63) is 71.2 Å². The molecule has 0 aliphatic carbocycles. The Labute approximate surface area is 175 Å². The van der Waals surface area contributed by atoms with Crippen molar-refractivity contribution in [2.24, 2.45) is 0 Å². The Morgan fingerprint density at radius 3 is 2.45 bits per heavy atom. The van der Waals surface area contributed by atoms with E-state index >= 15 is 0 Å². The van der Waals surface area contributed by atoms with Gasteiger partial charge >= 0.3 is 0 Å². The predicted molar refractivity (Wildman–Crippen MR) is 116 cm³/mol. The molecule has 1 aromatic heterocycles.